The number of nitrogens with zero attached hydrogens (tertiary/aromatic N) is 1. The van der Waals surface area contributed by atoms with Crippen LogP contribution >= 0.6 is 0 Å². The van der Waals surface area contributed by atoms with Crippen LogP contribution in [0.1, 0.15) is 31.7 Å². The minimum atomic E-state index is -3.66. The summed E-state index contributed by atoms with van der Waals surface area (Å²) in [7, 11) is -3.66. The van der Waals surface area contributed by atoms with E-state index >= 15 is 0 Å². The molecule has 0 spiro atoms. The molecule has 5 nitrogen and oxygen atoms in total. The van der Waals surface area contributed by atoms with E-state index in [1.54, 1.807) is 24.0 Å². The summed E-state index contributed by atoms with van der Waals surface area (Å²) in [5, 5.41) is 0. The molecular weight excluding hydrogens is 288 g/mol. The van der Waals surface area contributed by atoms with Gasteiger partial charge in [-0.05, 0) is 50.8 Å². The van der Waals surface area contributed by atoms with Gasteiger partial charge in [0.25, 0.3) is 0 Å². The highest BCUT2D eigenvalue weighted by Gasteiger charge is 2.26. The second-order valence-corrected chi connectivity index (χ2v) is 7.26. The van der Waals surface area contributed by atoms with Crippen molar-refractivity contribution in [2.75, 3.05) is 13.1 Å². The molecule has 1 aliphatic heterocycles. The summed E-state index contributed by atoms with van der Waals surface area (Å²) >= 11 is 0. The summed E-state index contributed by atoms with van der Waals surface area (Å²) in [6, 6.07) is 5.92. The van der Waals surface area contributed by atoms with Crippen LogP contribution in [0.2, 0.25) is 0 Å². The maximum atomic E-state index is 12.3. The van der Waals surface area contributed by atoms with E-state index in [0.717, 1.165) is 37.9 Å². The Morgan fingerprint density at radius 3 is 2.52 bits per heavy atom. The molecule has 1 heterocycles. The molecule has 1 amide bonds. The molecule has 1 atom stereocenters. The van der Waals surface area contributed by atoms with Crippen molar-refractivity contribution < 1.29 is 13.2 Å². The molecule has 21 heavy (non-hydrogen) atoms. The number of hydrogen-bond acceptors (Lipinski definition) is 3. The molecule has 1 aromatic rings. The van der Waals surface area contributed by atoms with Gasteiger partial charge in [-0.3, -0.25) is 4.79 Å². The molecule has 0 unspecified atom stereocenters. The first-order valence-electron chi connectivity index (χ1n) is 7.28. The number of benzene rings is 1. The Hall–Kier alpha value is -1.40. The quantitative estimate of drug-likeness (QED) is 0.920. The Balaban J connectivity index is 2.07. The van der Waals surface area contributed by atoms with Gasteiger partial charge in [0.05, 0.1) is 10.9 Å². The highest BCUT2D eigenvalue weighted by molar-refractivity contribution is 7.89. The predicted octanol–water partition coefficient (Wildman–Crippen LogP) is 1.67. The Morgan fingerprint density at radius 2 is 1.90 bits per heavy atom. The zero-order chi connectivity index (χ0) is 15.5. The zero-order valence-electron chi connectivity index (χ0n) is 12.5. The molecule has 0 saturated carbocycles. The lowest BCUT2D eigenvalue weighted by atomic mass is 10.1. The maximum absolute atomic E-state index is 12.3. The van der Waals surface area contributed by atoms with Crippen molar-refractivity contribution in [1.29, 1.82) is 0 Å². The number of carbonyl (C=O) groups excluding carboxylic acids is 1. The Bertz CT molecular complexity index is 607. The van der Waals surface area contributed by atoms with Crippen LogP contribution in [0.15, 0.2) is 29.2 Å². The summed E-state index contributed by atoms with van der Waals surface area (Å²) in [6.45, 7) is 4.87. The second kappa shape index (κ2) is 6.58. The van der Waals surface area contributed by atoms with Gasteiger partial charge in [-0.25, -0.2) is 8.42 Å². The fraction of sp³-hybridized carbons (Fsp3) is 0.533. The van der Waals surface area contributed by atoms with Gasteiger partial charge in [0.15, 0.2) is 0 Å². The number of piperidine rings is 1. The van der Waals surface area contributed by atoms with E-state index in [1.807, 2.05) is 13.0 Å². The van der Waals surface area contributed by atoms with Crippen LogP contribution in [-0.4, -0.2) is 38.4 Å². The number of nitrogens with one attached hydrogen (secondary N) is 1. The summed E-state index contributed by atoms with van der Waals surface area (Å²) < 4.78 is 27.1. The second-order valence-electron chi connectivity index (χ2n) is 5.55. The van der Waals surface area contributed by atoms with E-state index in [0.29, 0.717) is 0 Å². The van der Waals surface area contributed by atoms with Gasteiger partial charge in [0.1, 0.15) is 0 Å². The average molecular weight is 310 g/mol. The summed E-state index contributed by atoms with van der Waals surface area (Å²) in [5.74, 6) is -0.147. The minimum absolute atomic E-state index is 0.147. The molecule has 1 N–H and O–H groups in total. The summed E-state index contributed by atoms with van der Waals surface area (Å²) in [6.07, 6.45) is 3.11. The van der Waals surface area contributed by atoms with Crippen LogP contribution in [0.3, 0.4) is 0 Å². The van der Waals surface area contributed by atoms with Crippen molar-refractivity contribution in [3.05, 3.63) is 29.8 Å². The van der Waals surface area contributed by atoms with Crippen molar-refractivity contribution in [3.8, 4) is 0 Å². The van der Waals surface area contributed by atoms with Crippen LogP contribution in [-0.2, 0) is 14.8 Å². The highest BCUT2D eigenvalue weighted by Crippen LogP contribution is 2.13. The monoisotopic (exact) mass is 310 g/mol. The highest BCUT2D eigenvalue weighted by atomic mass is 32.2. The van der Waals surface area contributed by atoms with Crippen LogP contribution in [0.5, 0.6) is 0 Å². The smallest absolute Gasteiger partial charge is 0.241 e. The van der Waals surface area contributed by atoms with E-state index in [1.165, 1.54) is 6.07 Å². The molecule has 6 heteroatoms. The molecule has 0 bridgehead atoms. The number of rotatable bonds is 4. The third kappa shape index (κ3) is 4.04. The minimum Gasteiger partial charge on any atom is -0.341 e. The van der Waals surface area contributed by atoms with Crippen molar-refractivity contribution in [2.45, 2.75) is 44.0 Å². The largest absolute Gasteiger partial charge is 0.341 e. The van der Waals surface area contributed by atoms with Gasteiger partial charge in [-0.15, -0.1) is 0 Å². The van der Waals surface area contributed by atoms with Gasteiger partial charge in [-0.2, -0.15) is 4.72 Å². The number of amides is 1. The lowest BCUT2D eigenvalue weighted by molar-refractivity contribution is -0.133. The van der Waals surface area contributed by atoms with Gasteiger partial charge in [0.2, 0.25) is 15.9 Å². The van der Waals surface area contributed by atoms with Crippen molar-refractivity contribution in [1.82, 2.24) is 9.62 Å². The van der Waals surface area contributed by atoms with Gasteiger partial charge < -0.3 is 4.90 Å². The molecule has 1 aliphatic rings. The SMILES string of the molecule is Cc1cccc(S(=O)(=O)N[C@@H](C)C(=O)N2CCCCC2)c1. The van der Waals surface area contributed by atoms with E-state index in [-0.39, 0.29) is 10.8 Å². The zero-order valence-corrected chi connectivity index (χ0v) is 13.3. The Kier molecular flexibility index (Phi) is 5.00. The van der Waals surface area contributed by atoms with Crippen LogP contribution < -0.4 is 4.72 Å². The van der Waals surface area contributed by atoms with E-state index in [2.05, 4.69) is 4.72 Å². The van der Waals surface area contributed by atoms with E-state index in [9.17, 15) is 13.2 Å². The average Bonchev–Trinajstić information content (AvgIpc) is 2.47. The number of likely N-dealkylation sites (tertiary alicyclic amines) is 1. The van der Waals surface area contributed by atoms with Gasteiger partial charge in [-0.1, -0.05) is 12.1 Å². The van der Waals surface area contributed by atoms with Gasteiger partial charge >= 0.3 is 0 Å². The van der Waals surface area contributed by atoms with Gasteiger partial charge in [0, 0.05) is 13.1 Å². The van der Waals surface area contributed by atoms with Crippen LogP contribution in [0.4, 0.5) is 0 Å². The molecule has 0 aromatic heterocycles. The van der Waals surface area contributed by atoms with Crippen molar-refractivity contribution >= 4 is 15.9 Å². The van der Waals surface area contributed by atoms with Crippen molar-refractivity contribution in [2.24, 2.45) is 0 Å². The van der Waals surface area contributed by atoms with E-state index < -0.39 is 16.1 Å². The molecule has 116 valence electrons. The molecule has 1 saturated heterocycles. The van der Waals surface area contributed by atoms with Crippen LogP contribution in [0.25, 0.3) is 0 Å². The number of aryl methyl sites for hydroxylation is 1. The molecule has 1 fully saturated rings. The standard InChI is InChI=1S/C15H22N2O3S/c1-12-7-6-8-14(11-12)21(19,20)16-13(2)15(18)17-9-4-3-5-10-17/h6-8,11,13,16H,3-5,9-10H2,1-2H3/t13-/m0/s1. The molecule has 0 radical (unpaired) electrons. The van der Waals surface area contributed by atoms with E-state index in [4.69, 9.17) is 0 Å². The number of hydrogen-bond donors (Lipinski definition) is 1. The first-order chi connectivity index (χ1) is 9.90. The predicted molar refractivity (Wildman–Crippen MR) is 81.4 cm³/mol. The maximum Gasteiger partial charge on any atom is 0.241 e. The topological polar surface area (TPSA) is 66.5 Å². The Morgan fingerprint density at radius 1 is 1.24 bits per heavy atom. The third-order valence-corrected chi connectivity index (χ3v) is 5.21. The molecule has 1 aromatic carbocycles. The summed E-state index contributed by atoms with van der Waals surface area (Å²) in [4.78, 5) is 14.2. The van der Waals surface area contributed by atoms with Crippen molar-refractivity contribution in [3.63, 3.8) is 0 Å². The first-order valence-corrected chi connectivity index (χ1v) is 8.76. The number of carbonyl (C=O) groups is 1. The lowest BCUT2D eigenvalue weighted by Crippen LogP contribution is -2.48. The molecule has 2 rings (SSSR count). The third-order valence-electron chi connectivity index (χ3n) is 3.67. The molecular formula is C15H22N2O3S. The van der Waals surface area contributed by atoms with Crippen LogP contribution in [0, 0.1) is 6.92 Å². The summed E-state index contributed by atoms with van der Waals surface area (Å²) in [5.41, 5.74) is 0.868. The normalized spacial score (nSPS) is 17.5. The fourth-order valence-electron chi connectivity index (χ4n) is 2.52. The Labute approximate surface area is 126 Å². The molecule has 0 aliphatic carbocycles. The first kappa shape index (κ1) is 16.0. The lowest BCUT2D eigenvalue weighted by Gasteiger charge is -2.29. The number of sulfonamides is 1. The fourth-order valence-corrected chi connectivity index (χ4v) is 3.82.